The monoisotopic (exact) mass is 462 g/mol. The Balaban J connectivity index is 1.75. The summed E-state index contributed by atoms with van der Waals surface area (Å²) in [6, 6.07) is 16.3. The van der Waals surface area contributed by atoms with Crippen LogP contribution < -0.4 is 16.3 Å². The molecule has 10 heteroatoms. The number of aryl methyl sites for hydroxylation is 1. The van der Waals surface area contributed by atoms with Crippen molar-refractivity contribution < 1.29 is 8.78 Å². The van der Waals surface area contributed by atoms with E-state index in [1.807, 2.05) is 30.3 Å². The molecule has 2 heterocycles. The number of allylic oxidation sites excluding steroid dienone is 1. The van der Waals surface area contributed by atoms with Crippen molar-refractivity contribution in [3.05, 3.63) is 111 Å². The highest BCUT2D eigenvalue weighted by Crippen LogP contribution is 2.20. The van der Waals surface area contributed by atoms with Crippen molar-refractivity contribution >= 4 is 17.6 Å². The molecule has 0 bridgehead atoms. The number of para-hydroxylation sites is 1. The summed E-state index contributed by atoms with van der Waals surface area (Å²) in [7, 11) is 0. The molecule has 0 spiro atoms. The molecule has 0 fully saturated rings. The van der Waals surface area contributed by atoms with Gasteiger partial charge >= 0.3 is 6.55 Å². The number of alkyl halides is 2. The van der Waals surface area contributed by atoms with E-state index < -0.39 is 12.1 Å². The number of anilines is 1. The standard InChI is InChI=1S/C24H20F2N6O2/c1-16-15-18(32-22(34)11-14-31(32)24(25)26)7-8-20(16)30-13-10-21(33)23(29-30)19(9-12-27)28-17-5-3-2-4-6-17/h2-15,24,27-28H,1H3/b19-9-,27-12?. The molecule has 34 heavy (non-hydrogen) atoms. The van der Waals surface area contributed by atoms with E-state index in [-0.39, 0.29) is 16.8 Å². The summed E-state index contributed by atoms with van der Waals surface area (Å²) in [5.74, 6) is 0. The Bertz CT molecular complexity index is 1490. The zero-order valence-electron chi connectivity index (χ0n) is 18.0. The number of hydrogen-bond acceptors (Lipinski definition) is 5. The first-order valence-corrected chi connectivity index (χ1v) is 10.2. The first kappa shape index (κ1) is 22.6. The predicted molar refractivity (Wildman–Crippen MR) is 126 cm³/mol. The fraction of sp³-hybridized carbons (Fsp3) is 0.0833. The van der Waals surface area contributed by atoms with Gasteiger partial charge in [-0.1, -0.05) is 18.2 Å². The number of nitrogens with zero attached hydrogens (tertiary/aromatic N) is 4. The molecule has 4 rings (SSSR count). The second-order valence-corrected chi connectivity index (χ2v) is 7.31. The molecule has 0 radical (unpaired) electrons. The second kappa shape index (κ2) is 9.49. The van der Waals surface area contributed by atoms with E-state index in [9.17, 15) is 18.4 Å². The van der Waals surface area contributed by atoms with Crippen LogP contribution in [0.1, 0.15) is 17.8 Å². The molecule has 0 aliphatic rings. The molecule has 0 aliphatic heterocycles. The molecule has 4 aromatic rings. The third kappa shape index (κ3) is 4.46. The topological polar surface area (TPSA) is 97.7 Å². The highest BCUT2D eigenvalue weighted by molar-refractivity contribution is 5.86. The van der Waals surface area contributed by atoms with Crippen LogP contribution in [-0.4, -0.2) is 25.4 Å². The van der Waals surface area contributed by atoms with E-state index in [2.05, 4.69) is 10.4 Å². The first-order valence-electron chi connectivity index (χ1n) is 10.2. The molecule has 0 unspecified atom stereocenters. The normalized spacial score (nSPS) is 11.6. The van der Waals surface area contributed by atoms with Crippen LogP contribution in [0.4, 0.5) is 14.5 Å². The summed E-state index contributed by atoms with van der Waals surface area (Å²) in [4.78, 5) is 24.7. The fourth-order valence-corrected chi connectivity index (χ4v) is 3.50. The number of aromatic nitrogens is 4. The van der Waals surface area contributed by atoms with Gasteiger partial charge in [0.25, 0.3) is 5.56 Å². The van der Waals surface area contributed by atoms with Gasteiger partial charge in [-0.3, -0.25) is 9.59 Å². The lowest BCUT2D eigenvalue weighted by Crippen LogP contribution is -2.22. The third-order valence-electron chi connectivity index (χ3n) is 5.05. The van der Waals surface area contributed by atoms with Crippen molar-refractivity contribution in [2.24, 2.45) is 0 Å². The smallest absolute Gasteiger partial charge is 0.332 e. The van der Waals surface area contributed by atoms with Crippen LogP contribution >= 0.6 is 0 Å². The summed E-state index contributed by atoms with van der Waals surface area (Å²) in [6.45, 7) is -1.13. The van der Waals surface area contributed by atoms with E-state index in [0.29, 0.717) is 21.6 Å². The second-order valence-electron chi connectivity index (χ2n) is 7.31. The zero-order chi connectivity index (χ0) is 24.2. The Hall–Kier alpha value is -4.60. The maximum absolute atomic E-state index is 13.3. The molecule has 2 N–H and O–H groups in total. The SMILES string of the molecule is Cc1cc(-n2c(=O)ccn2C(F)F)ccc1-n1ccc(=O)c(/C(=C/C=N)Nc2ccccc2)n1. The molecule has 2 aromatic heterocycles. The Morgan fingerprint density at radius 1 is 1.06 bits per heavy atom. The van der Waals surface area contributed by atoms with Crippen molar-refractivity contribution in [1.29, 1.82) is 5.41 Å². The van der Waals surface area contributed by atoms with Crippen LogP contribution in [0, 0.1) is 12.3 Å². The molecule has 0 amide bonds. The summed E-state index contributed by atoms with van der Waals surface area (Å²) in [5.41, 5.74) is 1.74. The minimum absolute atomic E-state index is 0.0983. The highest BCUT2D eigenvalue weighted by Gasteiger charge is 2.15. The zero-order valence-corrected chi connectivity index (χ0v) is 18.0. The van der Waals surface area contributed by atoms with Gasteiger partial charge in [0.15, 0.2) is 5.69 Å². The lowest BCUT2D eigenvalue weighted by Gasteiger charge is -2.15. The maximum atomic E-state index is 13.3. The summed E-state index contributed by atoms with van der Waals surface area (Å²) in [5, 5.41) is 15.0. The van der Waals surface area contributed by atoms with Crippen LogP contribution in [0.15, 0.2) is 88.7 Å². The average molecular weight is 462 g/mol. The minimum atomic E-state index is -2.87. The molecular weight excluding hydrogens is 442 g/mol. The van der Waals surface area contributed by atoms with Gasteiger partial charge in [-0.15, -0.1) is 0 Å². The molecule has 0 aliphatic carbocycles. The predicted octanol–water partition coefficient (Wildman–Crippen LogP) is 3.99. The average Bonchev–Trinajstić information content (AvgIpc) is 3.22. The van der Waals surface area contributed by atoms with Crippen molar-refractivity contribution in [3.63, 3.8) is 0 Å². The molecule has 2 aromatic carbocycles. The molecule has 172 valence electrons. The van der Waals surface area contributed by atoms with Gasteiger partial charge in [0.05, 0.1) is 17.1 Å². The van der Waals surface area contributed by atoms with Gasteiger partial charge in [-0.2, -0.15) is 13.9 Å². The van der Waals surface area contributed by atoms with E-state index >= 15 is 0 Å². The maximum Gasteiger partial charge on any atom is 0.332 e. The number of halogens is 2. The van der Waals surface area contributed by atoms with Crippen molar-refractivity contribution in [1.82, 2.24) is 19.1 Å². The van der Waals surface area contributed by atoms with Gasteiger partial charge in [0.1, 0.15) is 0 Å². The number of rotatable bonds is 7. The van der Waals surface area contributed by atoms with Crippen molar-refractivity contribution in [2.45, 2.75) is 13.5 Å². The minimum Gasteiger partial charge on any atom is -0.354 e. The van der Waals surface area contributed by atoms with Gasteiger partial charge in [0.2, 0.25) is 5.43 Å². The largest absolute Gasteiger partial charge is 0.354 e. The molecule has 0 saturated heterocycles. The van der Waals surface area contributed by atoms with Gasteiger partial charge < -0.3 is 10.7 Å². The van der Waals surface area contributed by atoms with Crippen LogP contribution in [0.2, 0.25) is 0 Å². The van der Waals surface area contributed by atoms with Crippen molar-refractivity contribution in [3.8, 4) is 11.4 Å². The van der Waals surface area contributed by atoms with E-state index in [0.717, 1.165) is 28.8 Å². The van der Waals surface area contributed by atoms with Crippen LogP contribution in [0.5, 0.6) is 0 Å². The van der Waals surface area contributed by atoms with E-state index in [1.54, 1.807) is 19.1 Å². The van der Waals surface area contributed by atoms with Gasteiger partial charge in [-0.05, 0) is 48.9 Å². The summed E-state index contributed by atoms with van der Waals surface area (Å²) < 4.78 is 29.5. The van der Waals surface area contributed by atoms with Gasteiger partial charge in [0, 0.05) is 36.4 Å². The van der Waals surface area contributed by atoms with Crippen LogP contribution in [0.25, 0.3) is 17.1 Å². The molecule has 8 nitrogen and oxygen atoms in total. The quantitative estimate of drug-likeness (QED) is 0.406. The molecule has 0 saturated carbocycles. The highest BCUT2D eigenvalue weighted by atomic mass is 19.3. The molecule has 0 atom stereocenters. The van der Waals surface area contributed by atoms with E-state index in [4.69, 9.17) is 5.41 Å². The number of nitrogens with one attached hydrogen (secondary N) is 2. The van der Waals surface area contributed by atoms with Gasteiger partial charge in [-0.25, -0.2) is 14.0 Å². The van der Waals surface area contributed by atoms with Crippen LogP contribution in [0.3, 0.4) is 0 Å². The van der Waals surface area contributed by atoms with E-state index in [1.165, 1.54) is 29.1 Å². The summed E-state index contributed by atoms with van der Waals surface area (Å²) >= 11 is 0. The number of benzene rings is 2. The fourth-order valence-electron chi connectivity index (χ4n) is 3.50. The first-order chi connectivity index (χ1) is 16.4. The Morgan fingerprint density at radius 3 is 2.50 bits per heavy atom. The Morgan fingerprint density at radius 2 is 1.82 bits per heavy atom. The lowest BCUT2D eigenvalue weighted by atomic mass is 10.1. The van der Waals surface area contributed by atoms with Crippen molar-refractivity contribution in [2.75, 3.05) is 5.32 Å². The third-order valence-corrected chi connectivity index (χ3v) is 5.05. The number of hydrogen-bond donors (Lipinski definition) is 2. The van der Waals surface area contributed by atoms with Crippen LogP contribution in [-0.2, 0) is 0 Å². The molecular formula is C24H20F2N6O2. The Labute approximate surface area is 192 Å². The lowest BCUT2D eigenvalue weighted by molar-refractivity contribution is 0.0487. The summed E-state index contributed by atoms with van der Waals surface area (Å²) in [6.07, 6.45) is 5.01. The Kier molecular flexibility index (Phi) is 6.30.